The molecule has 2 aromatic heterocycles. The first kappa shape index (κ1) is 15.8. The molecule has 1 aliphatic heterocycles. The number of hydrogen-bond donors (Lipinski definition) is 2. The Balaban J connectivity index is 1.50. The van der Waals surface area contributed by atoms with Crippen LogP contribution in [0.2, 0.25) is 0 Å². The maximum Gasteiger partial charge on any atom is 0.254 e. The van der Waals surface area contributed by atoms with Crippen LogP contribution in [0.15, 0.2) is 54.7 Å². The van der Waals surface area contributed by atoms with Gasteiger partial charge in [0, 0.05) is 30.5 Å². The van der Waals surface area contributed by atoms with Crippen LogP contribution in [0.4, 0.5) is 11.5 Å². The molecule has 0 atom stereocenters. The monoisotopic (exact) mass is 357 g/mol. The van der Waals surface area contributed by atoms with Gasteiger partial charge in [-0.25, -0.2) is 0 Å². The van der Waals surface area contributed by atoms with Crippen LogP contribution in [0, 0.1) is 0 Å². The van der Waals surface area contributed by atoms with Crippen LogP contribution in [0.3, 0.4) is 0 Å². The summed E-state index contributed by atoms with van der Waals surface area (Å²) in [6.07, 6.45) is 3.94. The number of nitrogens with zero attached hydrogens (tertiary/aromatic N) is 3. The molecule has 6 nitrogen and oxygen atoms in total. The standard InChI is InChI=1S/C21H19N5O/c27-21(26-11-1-2-12-26)17-6-3-5-14-13-15(8-9-16(14)17)23-20-19-18(24-25-20)7-4-10-22-19/h3-10,13H,1-2,11-12H2,(H2,23,24,25). The summed E-state index contributed by atoms with van der Waals surface area (Å²) < 4.78 is 0. The molecule has 0 bridgehead atoms. The third-order valence-corrected chi connectivity index (χ3v) is 5.09. The van der Waals surface area contributed by atoms with Gasteiger partial charge in [0.05, 0.1) is 5.52 Å². The molecule has 134 valence electrons. The molecular formula is C21H19N5O. The molecule has 0 unspecified atom stereocenters. The van der Waals surface area contributed by atoms with Crippen molar-refractivity contribution < 1.29 is 4.79 Å². The second-order valence-electron chi connectivity index (χ2n) is 6.84. The molecule has 1 saturated heterocycles. The molecular weight excluding hydrogens is 338 g/mol. The predicted molar refractivity (Wildman–Crippen MR) is 106 cm³/mol. The lowest BCUT2D eigenvalue weighted by Crippen LogP contribution is -2.27. The Bertz CT molecular complexity index is 1140. The van der Waals surface area contributed by atoms with E-state index in [0.717, 1.165) is 59.0 Å². The van der Waals surface area contributed by atoms with Crippen molar-refractivity contribution in [2.75, 3.05) is 18.4 Å². The highest BCUT2D eigenvalue weighted by molar-refractivity contribution is 6.07. The summed E-state index contributed by atoms with van der Waals surface area (Å²) in [6.45, 7) is 1.71. The van der Waals surface area contributed by atoms with Gasteiger partial charge in [-0.05, 0) is 53.9 Å². The zero-order valence-electron chi connectivity index (χ0n) is 14.8. The number of fused-ring (bicyclic) bond motifs is 2. The summed E-state index contributed by atoms with van der Waals surface area (Å²) in [6, 6.07) is 15.7. The van der Waals surface area contributed by atoms with Crippen molar-refractivity contribution in [3.63, 3.8) is 0 Å². The molecule has 27 heavy (non-hydrogen) atoms. The predicted octanol–water partition coefficient (Wildman–Crippen LogP) is 4.09. The minimum absolute atomic E-state index is 0.126. The fourth-order valence-corrected chi connectivity index (χ4v) is 3.72. The highest BCUT2D eigenvalue weighted by Crippen LogP contribution is 2.27. The van der Waals surface area contributed by atoms with Crippen LogP contribution < -0.4 is 5.32 Å². The number of amides is 1. The van der Waals surface area contributed by atoms with Gasteiger partial charge in [0.1, 0.15) is 5.52 Å². The second kappa shape index (κ2) is 6.39. The van der Waals surface area contributed by atoms with Crippen molar-refractivity contribution in [1.29, 1.82) is 0 Å². The summed E-state index contributed by atoms with van der Waals surface area (Å²) in [5, 5.41) is 12.6. The molecule has 2 aromatic carbocycles. The second-order valence-corrected chi connectivity index (χ2v) is 6.84. The summed E-state index contributed by atoms with van der Waals surface area (Å²) >= 11 is 0. The van der Waals surface area contributed by atoms with Gasteiger partial charge in [0.2, 0.25) is 0 Å². The number of aromatic nitrogens is 3. The van der Waals surface area contributed by atoms with E-state index in [0.29, 0.717) is 5.82 Å². The summed E-state index contributed by atoms with van der Waals surface area (Å²) in [7, 11) is 0. The maximum absolute atomic E-state index is 12.8. The van der Waals surface area contributed by atoms with E-state index in [-0.39, 0.29) is 5.91 Å². The molecule has 5 rings (SSSR count). The van der Waals surface area contributed by atoms with Gasteiger partial charge < -0.3 is 10.2 Å². The average Bonchev–Trinajstić information content (AvgIpc) is 3.38. The Hall–Kier alpha value is -3.41. The number of H-pyrrole nitrogens is 1. The van der Waals surface area contributed by atoms with Crippen molar-refractivity contribution in [1.82, 2.24) is 20.1 Å². The number of carbonyl (C=O) groups excluding carboxylic acids is 1. The minimum Gasteiger partial charge on any atom is -0.339 e. The third kappa shape index (κ3) is 2.79. The Morgan fingerprint density at radius 3 is 2.85 bits per heavy atom. The van der Waals surface area contributed by atoms with E-state index in [9.17, 15) is 4.79 Å². The fourth-order valence-electron chi connectivity index (χ4n) is 3.72. The van der Waals surface area contributed by atoms with Crippen LogP contribution in [0.1, 0.15) is 23.2 Å². The molecule has 1 fully saturated rings. The van der Waals surface area contributed by atoms with E-state index in [1.54, 1.807) is 6.20 Å². The number of benzene rings is 2. The average molecular weight is 357 g/mol. The Labute approximate surface area is 156 Å². The Morgan fingerprint density at radius 2 is 1.96 bits per heavy atom. The van der Waals surface area contributed by atoms with E-state index in [4.69, 9.17) is 0 Å². The molecule has 3 heterocycles. The quantitative estimate of drug-likeness (QED) is 0.579. The maximum atomic E-state index is 12.8. The summed E-state index contributed by atoms with van der Waals surface area (Å²) in [5.41, 5.74) is 3.37. The number of likely N-dealkylation sites (tertiary alicyclic amines) is 1. The Kier molecular flexibility index (Phi) is 3.74. The molecule has 0 saturated carbocycles. The Morgan fingerprint density at radius 1 is 1.07 bits per heavy atom. The van der Waals surface area contributed by atoms with E-state index >= 15 is 0 Å². The lowest BCUT2D eigenvalue weighted by atomic mass is 10.0. The third-order valence-electron chi connectivity index (χ3n) is 5.09. The van der Waals surface area contributed by atoms with E-state index in [1.807, 2.05) is 53.4 Å². The molecule has 2 N–H and O–H groups in total. The largest absolute Gasteiger partial charge is 0.339 e. The highest BCUT2D eigenvalue weighted by atomic mass is 16.2. The number of nitrogens with one attached hydrogen (secondary N) is 2. The zero-order chi connectivity index (χ0) is 18.2. The van der Waals surface area contributed by atoms with Crippen LogP contribution >= 0.6 is 0 Å². The molecule has 6 heteroatoms. The smallest absolute Gasteiger partial charge is 0.254 e. The molecule has 0 radical (unpaired) electrons. The van der Waals surface area contributed by atoms with Crippen LogP contribution in [0.5, 0.6) is 0 Å². The van der Waals surface area contributed by atoms with E-state index in [1.165, 1.54) is 0 Å². The van der Waals surface area contributed by atoms with Crippen molar-refractivity contribution in [3.8, 4) is 0 Å². The summed E-state index contributed by atoms with van der Waals surface area (Å²) in [4.78, 5) is 19.2. The number of aromatic amines is 1. The molecule has 1 aliphatic rings. The summed E-state index contributed by atoms with van der Waals surface area (Å²) in [5.74, 6) is 0.815. The number of pyridine rings is 1. The number of anilines is 2. The van der Waals surface area contributed by atoms with Gasteiger partial charge in [-0.3, -0.25) is 14.9 Å². The topological polar surface area (TPSA) is 73.9 Å². The number of carbonyl (C=O) groups is 1. The van der Waals surface area contributed by atoms with Gasteiger partial charge in [-0.2, -0.15) is 5.10 Å². The molecule has 0 aliphatic carbocycles. The van der Waals surface area contributed by atoms with Gasteiger partial charge in [0.25, 0.3) is 5.91 Å². The van der Waals surface area contributed by atoms with E-state index < -0.39 is 0 Å². The van der Waals surface area contributed by atoms with Crippen molar-refractivity contribution in [3.05, 3.63) is 60.3 Å². The molecule has 1 amide bonds. The van der Waals surface area contributed by atoms with E-state index in [2.05, 4.69) is 20.5 Å². The SMILES string of the molecule is O=C(c1cccc2cc(Nc3n[nH]c4cccnc34)ccc12)N1CCCC1. The lowest BCUT2D eigenvalue weighted by Gasteiger charge is -2.17. The molecule has 0 spiro atoms. The van der Waals surface area contributed by atoms with Crippen molar-refractivity contribution in [2.24, 2.45) is 0 Å². The van der Waals surface area contributed by atoms with Gasteiger partial charge in [0.15, 0.2) is 5.82 Å². The first-order valence-electron chi connectivity index (χ1n) is 9.18. The number of hydrogen-bond acceptors (Lipinski definition) is 4. The van der Waals surface area contributed by atoms with Gasteiger partial charge >= 0.3 is 0 Å². The normalized spacial score (nSPS) is 14.1. The minimum atomic E-state index is 0.126. The van der Waals surface area contributed by atoms with Crippen molar-refractivity contribution >= 4 is 39.2 Å². The first-order valence-corrected chi connectivity index (χ1v) is 9.18. The van der Waals surface area contributed by atoms with Crippen LogP contribution in [-0.2, 0) is 0 Å². The van der Waals surface area contributed by atoms with Crippen LogP contribution in [-0.4, -0.2) is 39.1 Å². The first-order chi connectivity index (χ1) is 13.3. The zero-order valence-corrected chi connectivity index (χ0v) is 14.8. The lowest BCUT2D eigenvalue weighted by molar-refractivity contribution is 0.0795. The fraction of sp³-hybridized carbons (Fsp3) is 0.190. The van der Waals surface area contributed by atoms with Crippen molar-refractivity contribution in [2.45, 2.75) is 12.8 Å². The van der Waals surface area contributed by atoms with Gasteiger partial charge in [-0.1, -0.05) is 18.2 Å². The highest BCUT2D eigenvalue weighted by Gasteiger charge is 2.21. The molecule has 4 aromatic rings. The van der Waals surface area contributed by atoms with Gasteiger partial charge in [-0.15, -0.1) is 0 Å². The number of rotatable bonds is 3. The van der Waals surface area contributed by atoms with Crippen LogP contribution in [0.25, 0.3) is 21.8 Å².